The lowest BCUT2D eigenvalue weighted by molar-refractivity contribution is -0.0198. The fraction of sp³-hybridized carbons (Fsp3) is 0.136. The summed E-state index contributed by atoms with van der Waals surface area (Å²) < 4.78 is 23.8. The van der Waals surface area contributed by atoms with Crippen molar-refractivity contribution >= 4 is 11.9 Å². The fourth-order valence-electron chi connectivity index (χ4n) is 7.81. The second-order valence-electron chi connectivity index (χ2n) is 15.1. The van der Waals surface area contributed by atoms with Crippen molar-refractivity contribution < 1.29 is 110 Å². The predicted molar refractivity (Wildman–Crippen MR) is 217 cm³/mol. The van der Waals surface area contributed by atoms with Crippen LogP contribution in [0.1, 0.15) is 55.2 Å². The Morgan fingerprint density at radius 3 is 1.32 bits per heavy atom. The standard InChI is InChI=1S/C44H34O22/c45-16-1-13-6-30(64-43(61)14-2-22(48)34(55)23(49)3-14)42(66-40(13)28(54)8-16)20-11-27(53)37(58)39(60)33(20)32-19(10-26(52)36(57)38(32)59)41-31(12-18-21(47)7-17(46)9-29(18)63-41)65-44(62)15-4-24(50)35(56)25(51)5-15/h1-5,7-11,30-31,41-42,45-60H,6,12H2/t30-,31-,41-,42-/m1/s1. The van der Waals surface area contributed by atoms with Gasteiger partial charge < -0.3 is 101 Å². The fourth-order valence-corrected chi connectivity index (χ4v) is 7.81. The molecule has 6 aromatic rings. The number of carbonyl (C=O) groups is 2. The number of carbonyl (C=O) groups excluding carboxylic acids is 2. The van der Waals surface area contributed by atoms with Crippen molar-refractivity contribution in [1.29, 1.82) is 0 Å². The highest BCUT2D eigenvalue weighted by Crippen LogP contribution is 2.58. The predicted octanol–water partition coefficient (Wildman–Crippen LogP) is 4.45. The molecule has 0 fully saturated rings. The first-order chi connectivity index (χ1) is 31.1. The van der Waals surface area contributed by atoms with Crippen molar-refractivity contribution in [3.8, 4) is 115 Å². The van der Waals surface area contributed by atoms with Crippen LogP contribution in [0.2, 0.25) is 0 Å². The van der Waals surface area contributed by atoms with Gasteiger partial charge in [0.15, 0.2) is 81.2 Å². The molecule has 2 aliphatic heterocycles. The van der Waals surface area contributed by atoms with E-state index < -0.39 is 175 Å². The van der Waals surface area contributed by atoms with Gasteiger partial charge in [-0.15, -0.1) is 0 Å². The number of aromatic hydroxyl groups is 16. The molecule has 0 saturated carbocycles. The van der Waals surface area contributed by atoms with Gasteiger partial charge in [0.25, 0.3) is 0 Å². The summed E-state index contributed by atoms with van der Waals surface area (Å²) in [6, 6.07) is 8.34. The molecular weight excluding hydrogens is 880 g/mol. The lowest BCUT2D eigenvalue weighted by Gasteiger charge is -2.37. The topological polar surface area (TPSA) is 395 Å². The Labute approximate surface area is 367 Å². The first-order valence-corrected chi connectivity index (χ1v) is 19.0. The maximum Gasteiger partial charge on any atom is 0.338 e. The molecule has 0 aliphatic carbocycles. The minimum absolute atomic E-state index is 0.00163. The van der Waals surface area contributed by atoms with E-state index in [2.05, 4.69) is 0 Å². The first kappa shape index (κ1) is 43.3. The molecule has 8 rings (SSSR count). The Balaban J connectivity index is 1.34. The molecule has 0 bridgehead atoms. The molecule has 16 N–H and O–H groups in total. The highest BCUT2D eigenvalue weighted by molar-refractivity contribution is 5.93. The number of hydrogen-bond donors (Lipinski definition) is 16. The van der Waals surface area contributed by atoms with Crippen LogP contribution in [0.4, 0.5) is 0 Å². The number of fused-ring (bicyclic) bond motifs is 2. The third-order valence-corrected chi connectivity index (χ3v) is 10.9. The Hall–Kier alpha value is -9.34. The van der Waals surface area contributed by atoms with Crippen molar-refractivity contribution in [2.75, 3.05) is 0 Å². The van der Waals surface area contributed by atoms with Gasteiger partial charge >= 0.3 is 11.9 Å². The molecule has 2 heterocycles. The molecule has 0 aromatic heterocycles. The van der Waals surface area contributed by atoms with Crippen LogP contribution in [0.25, 0.3) is 11.1 Å². The van der Waals surface area contributed by atoms with Crippen molar-refractivity contribution in [2.24, 2.45) is 0 Å². The lowest BCUT2D eigenvalue weighted by atomic mass is 9.83. The normalized spacial score (nSPS) is 17.4. The van der Waals surface area contributed by atoms with E-state index in [1.807, 2.05) is 0 Å². The largest absolute Gasteiger partial charge is 0.508 e. The summed E-state index contributed by atoms with van der Waals surface area (Å²) in [5.41, 5.74) is -3.87. The zero-order valence-electron chi connectivity index (χ0n) is 33.1. The van der Waals surface area contributed by atoms with Gasteiger partial charge in [0, 0.05) is 64.4 Å². The monoisotopic (exact) mass is 914 g/mol. The van der Waals surface area contributed by atoms with E-state index in [9.17, 15) is 91.3 Å². The Morgan fingerprint density at radius 2 is 0.833 bits per heavy atom. The van der Waals surface area contributed by atoms with Crippen LogP contribution in [-0.2, 0) is 22.3 Å². The zero-order chi connectivity index (χ0) is 47.8. The number of rotatable bonds is 7. The summed E-state index contributed by atoms with van der Waals surface area (Å²) in [7, 11) is 0. The van der Waals surface area contributed by atoms with Crippen LogP contribution in [0, 0.1) is 0 Å². The van der Waals surface area contributed by atoms with Gasteiger partial charge in [-0.3, -0.25) is 0 Å². The van der Waals surface area contributed by atoms with Crippen molar-refractivity contribution in [1.82, 2.24) is 0 Å². The summed E-state index contributed by atoms with van der Waals surface area (Å²) in [5.74, 6) is -18.6. The number of phenols is 16. The third kappa shape index (κ3) is 7.32. The molecule has 0 radical (unpaired) electrons. The van der Waals surface area contributed by atoms with E-state index in [1.54, 1.807) is 0 Å². The maximum absolute atomic E-state index is 13.7. The number of esters is 2. The van der Waals surface area contributed by atoms with Crippen LogP contribution < -0.4 is 9.47 Å². The Morgan fingerprint density at radius 1 is 0.424 bits per heavy atom. The second-order valence-corrected chi connectivity index (χ2v) is 15.1. The molecular formula is C44H34O22. The number of hydrogen-bond acceptors (Lipinski definition) is 22. The molecule has 0 spiro atoms. The molecule has 66 heavy (non-hydrogen) atoms. The number of ether oxygens (including phenoxy) is 4. The third-order valence-electron chi connectivity index (χ3n) is 10.9. The van der Waals surface area contributed by atoms with Crippen molar-refractivity contribution in [3.05, 3.63) is 94.0 Å². The maximum atomic E-state index is 13.7. The highest BCUT2D eigenvalue weighted by Gasteiger charge is 2.44. The van der Waals surface area contributed by atoms with Gasteiger partial charge in [-0.1, -0.05) is 0 Å². The molecule has 4 atom stereocenters. The average molecular weight is 915 g/mol. The van der Waals surface area contributed by atoms with Crippen LogP contribution in [0.5, 0.6) is 103 Å². The average Bonchev–Trinajstić information content (AvgIpc) is 3.25. The van der Waals surface area contributed by atoms with Gasteiger partial charge in [0.2, 0.25) is 11.5 Å². The van der Waals surface area contributed by atoms with Gasteiger partial charge in [0.1, 0.15) is 35.2 Å². The molecule has 0 amide bonds. The molecule has 22 heteroatoms. The van der Waals surface area contributed by atoms with E-state index in [1.165, 1.54) is 0 Å². The molecule has 0 unspecified atom stereocenters. The van der Waals surface area contributed by atoms with E-state index in [4.69, 9.17) is 18.9 Å². The van der Waals surface area contributed by atoms with E-state index >= 15 is 0 Å². The van der Waals surface area contributed by atoms with E-state index in [0.717, 1.165) is 60.7 Å². The number of phenolic OH excluding ortho intramolecular Hbond substituents is 16. The minimum atomic E-state index is -1.89. The SMILES string of the molecule is O=C(O[C@@H]1Cc2c(O)cc(O)cc2O[C@@H]1c1cc(O)c(O)c(O)c1-c1c([C@H]2Oc3c(O)cc(O)cc3C[C@H]2OC(=O)c2cc(O)c(O)c(O)c2)cc(O)c(O)c1O)c1cc(O)c(O)c(O)c1. The smallest absolute Gasteiger partial charge is 0.338 e. The Bertz CT molecular complexity index is 2990. The van der Waals surface area contributed by atoms with Crippen LogP contribution in [0.3, 0.4) is 0 Å². The lowest BCUT2D eigenvalue weighted by Crippen LogP contribution is -2.36. The minimum Gasteiger partial charge on any atom is -0.508 e. The first-order valence-electron chi connectivity index (χ1n) is 19.0. The molecule has 22 nitrogen and oxygen atoms in total. The highest BCUT2D eigenvalue weighted by atomic mass is 16.6. The molecule has 6 aromatic carbocycles. The molecule has 0 saturated heterocycles. The molecule has 2 aliphatic rings. The summed E-state index contributed by atoms with van der Waals surface area (Å²) in [5, 5.41) is 170. The summed E-state index contributed by atoms with van der Waals surface area (Å²) >= 11 is 0. The summed E-state index contributed by atoms with van der Waals surface area (Å²) in [6.07, 6.45) is -8.21. The van der Waals surface area contributed by atoms with Gasteiger partial charge in [-0.2, -0.15) is 0 Å². The van der Waals surface area contributed by atoms with E-state index in [-0.39, 0.29) is 22.6 Å². The van der Waals surface area contributed by atoms with Gasteiger partial charge in [-0.05, 0) is 42.5 Å². The van der Waals surface area contributed by atoms with Crippen molar-refractivity contribution in [3.63, 3.8) is 0 Å². The summed E-state index contributed by atoms with van der Waals surface area (Å²) in [6.45, 7) is 0. The van der Waals surface area contributed by atoms with Gasteiger partial charge in [-0.25, -0.2) is 9.59 Å². The summed E-state index contributed by atoms with van der Waals surface area (Å²) in [4.78, 5) is 27.3. The zero-order valence-corrected chi connectivity index (χ0v) is 33.1. The Kier molecular flexibility index (Phi) is 10.4. The molecule has 342 valence electrons. The van der Waals surface area contributed by atoms with Crippen LogP contribution in [-0.4, -0.2) is 106 Å². The van der Waals surface area contributed by atoms with Crippen LogP contribution in [0.15, 0.2) is 60.7 Å². The van der Waals surface area contributed by atoms with Crippen LogP contribution >= 0.6 is 0 Å². The number of benzene rings is 6. The van der Waals surface area contributed by atoms with Crippen molar-refractivity contribution in [2.45, 2.75) is 37.3 Å². The van der Waals surface area contributed by atoms with E-state index in [0.29, 0.717) is 0 Å². The second kappa shape index (κ2) is 15.8. The quantitative estimate of drug-likeness (QED) is 0.0777. The van der Waals surface area contributed by atoms with Gasteiger partial charge in [0.05, 0.1) is 11.1 Å².